The Morgan fingerprint density at radius 1 is 1.06 bits per heavy atom. The molecular formula is C24H23N5O2. The minimum absolute atomic E-state index is 0.0301. The van der Waals surface area contributed by atoms with Gasteiger partial charge in [-0.2, -0.15) is 0 Å². The Morgan fingerprint density at radius 2 is 1.74 bits per heavy atom. The number of rotatable bonds is 7. The van der Waals surface area contributed by atoms with Crippen LogP contribution in [0, 0.1) is 0 Å². The number of fused-ring (bicyclic) bond motifs is 1. The second-order valence-corrected chi connectivity index (χ2v) is 7.27. The molecule has 0 bridgehead atoms. The normalized spacial score (nSPS) is 11.9. The molecule has 2 aromatic carbocycles. The zero-order chi connectivity index (χ0) is 21.8. The third-order valence-corrected chi connectivity index (χ3v) is 5.31. The van der Waals surface area contributed by atoms with Gasteiger partial charge in [0.05, 0.1) is 5.69 Å². The number of hydrogen-bond donors (Lipinski definition) is 2. The highest BCUT2D eigenvalue weighted by molar-refractivity contribution is 5.99. The largest absolute Gasteiger partial charge is 0.364 e. The molecule has 4 rings (SSSR count). The van der Waals surface area contributed by atoms with Gasteiger partial charge in [0.25, 0.3) is 11.8 Å². The van der Waals surface area contributed by atoms with Crippen molar-refractivity contribution in [3.05, 3.63) is 90.0 Å². The maximum Gasteiger partial charge on any atom is 0.271 e. The Morgan fingerprint density at radius 3 is 2.39 bits per heavy atom. The van der Waals surface area contributed by atoms with Crippen LogP contribution in [0.1, 0.15) is 45.8 Å². The summed E-state index contributed by atoms with van der Waals surface area (Å²) in [6.45, 7) is 2.58. The number of hydrogen-bond acceptors (Lipinski definition) is 4. The standard InChI is InChI=1S/C24H23N5O2/c1-2-16(17-9-5-3-6-10-17)14-26-24(31)20-13-19(18-11-7-4-8-12-18)28-23-21(22(25)30)27-15-29(20)23/h3-13,15-16H,2,14H2,1H3,(H2,25,30)(H,26,31). The first-order valence-electron chi connectivity index (χ1n) is 10.1. The second kappa shape index (κ2) is 8.79. The molecule has 0 aliphatic carbocycles. The first kappa shape index (κ1) is 20.3. The highest BCUT2D eigenvalue weighted by atomic mass is 16.2. The van der Waals surface area contributed by atoms with E-state index in [1.807, 2.05) is 48.5 Å². The zero-order valence-electron chi connectivity index (χ0n) is 17.2. The van der Waals surface area contributed by atoms with Crippen molar-refractivity contribution < 1.29 is 9.59 Å². The van der Waals surface area contributed by atoms with Crippen LogP contribution >= 0.6 is 0 Å². The van der Waals surface area contributed by atoms with Crippen molar-refractivity contribution in [2.45, 2.75) is 19.3 Å². The number of carbonyl (C=O) groups is 2. The van der Waals surface area contributed by atoms with E-state index < -0.39 is 5.91 Å². The highest BCUT2D eigenvalue weighted by Gasteiger charge is 2.20. The Kier molecular flexibility index (Phi) is 5.75. The fourth-order valence-electron chi connectivity index (χ4n) is 3.61. The van der Waals surface area contributed by atoms with E-state index in [9.17, 15) is 9.59 Å². The molecule has 0 spiro atoms. The second-order valence-electron chi connectivity index (χ2n) is 7.27. The molecule has 2 heterocycles. The molecule has 3 N–H and O–H groups in total. The molecule has 156 valence electrons. The molecule has 31 heavy (non-hydrogen) atoms. The van der Waals surface area contributed by atoms with Crippen LogP contribution in [0.4, 0.5) is 0 Å². The third-order valence-electron chi connectivity index (χ3n) is 5.31. The number of nitrogens with zero attached hydrogens (tertiary/aromatic N) is 3. The molecule has 0 saturated heterocycles. The number of carbonyl (C=O) groups excluding carboxylic acids is 2. The van der Waals surface area contributed by atoms with Gasteiger partial charge in [-0.1, -0.05) is 67.6 Å². The monoisotopic (exact) mass is 413 g/mol. The van der Waals surface area contributed by atoms with Gasteiger partial charge in [0.15, 0.2) is 11.3 Å². The number of amides is 2. The molecule has 0 aliphatic rings. The summed E-state index contributed by atoms with van der Waals surface area (Å²) in [6.07, 6.45) is 2.29. The van der Waals surface area contributed by atoms with E-state index in [4.69, 9.17) is 5.73 Å². The maximum atomic E-state index is 13.2. The van der Waals surface area contributed by atoms with Gasteiger partial charge in [-0.3, -0.25) is 14.0 Å². The van der Waals surface area contributed by atoms with E-state index in [1.54, 1.807) is 6.07 Å². The summed E-state index contributed by atoms with van der Waals surface area (Å²) in [5.41, 5.74) is 8.66. The van der Waals surface area contributed by atoms with Gasteiger partial charge < -0.3 is 11.1 Å². The molecule has 0 fully saturated rings. The zero-order valence-corrected chi connectivity index (χ0v) is 17.2. The lowest BCUT2D eigenvalue weighted by Crippen LogP contribution is -2.30. The van der Waals surface area contributed by atoms with E-state index in [-0.39, 0.29) is 23.2 Å². The molecule has 0 aliphatic heterocycles. The van der Waals surface area contributed by atoms with Crippen molar-refractivity contribution >= 4 is 17.5 Å². The van der Waals surface area contributed by atoms with Crippen molar-refractivity contribution in [3.63, 3.8) is 0 Å². The van der Waals surface area contributed by atoms with Crippen LogP contribution in [0.2, 0.25) is 0 Å². The van der Waals surface area contributed by atoms with Crippen molar-refractivity contribution in [2.75, 3.05) is 6.54 Å². The van der Waals surface area contributed by atoms with Crippen LogP contribution in [-0.2, 0) is 0 Å². The van der Waals surface area contributed by atoms with Gasteiger partial charge in [-0.25, -0.2) is 9.97 Å². The Hall–Kier alpha value is -4.00. The average Bonchev–Trinajstić information content (AvgIpc) is 3.24. The summed E-state index contributed by atoms with van der Waals surface area (Å²) in [4.78, 5) is 33.6. The number of imidazole rings is 1. The number of benzene rings is 2. The number of nitrogens with one attached hydrogen (secondary N) is 1. The summed E-state index contributed by atoms with van der Waals surface area (Å²) >= 11 is 0. The summed E-state index contributed by atoms with van der Waals surface area (Å²) in [7, 11) is 0. The first-order valence-corrected chi connectivity index (χ1v) is 10.1. The van der Waals surface area contributed by atoms with E-state index in [0.717, 1.165) is 12.0 Å². The molecule has 2 amide bonds. The molecule has 4 aromatic rings. The van der Waals surface area contributed by atoms with Crippen molar-refractivity contribution in [2.24, 2.45) is 5.73 Å². The van der Waals surface area contributed by atoms with Gasteiger partial charge in [-0.05, 0) is 18.1 Å². The molecule has 1 unspecified atom stereocenters. The van der Waals surface area contributed by atoms with Gasteiger partial charge in [0, 0.05) is 18.0 Å². The fraction of sp³-hybridized carbons (Fsp3) is 0.167. The van der Waals surface area contributed by atoms with E-state index in [2.05, 4.69) is 34.3 Å². The van der Waals surface area contributed by atoms with Crippen molar-refractivity contribution in [1.29, 1.82) is 0 Å². The van der Waals surface area contributed by atoms with E-state index in [0.29, 0.717) is 17.9 Å². The molecular weight excluding hydrogens is 390 g/mol. The van der Waals surface area contributed by atoms with Crippen LogP contribution in [0.5, 0.6) is 0 Å². The molecule has 0 saturated carbocycles. The predicted molar refractivity (Wildman–Crippen MR) is 119 cm³/mol. The smallest absolute Gasteiger partial charge is 0.271 e. The average molecular weight is 413 g/mol. The molecule has 7 heteroatoms. The van der Waals surface area contributed by atoms with Crippen LogP contribution < -0.4 is 11.1 Å². The lowest BCUT2D eigenvalue weighted by molar-refractivity contribution is 0.0942. The third kappa shape index (κ3) is 4.16. The van der Waals surface area contributed by atoms with Gasteiger partial charge in [0.1, 0.15) is 12.0 Å². The lowest BCUT2D eigenvalue weighted by atomic mass is 9.96. The quantitative estimate of drug-likeness (QED) is 0.485. The summed E-state index contributed by atoms with van der Waals surface area (Å²) in [5, 5.41) is 3.03. The minimum Gasteiger partial charge on any atom is -0.364 e. The summed E-state index contributed by atoms with van der Waals surface area (Å²) < 4.78 is 1.51. The van der Waals surface area contributed by atoms with E-state index in [1.165, 1.54) is 16.3 Å². The van der Waals surface area contributed by atoms with Gasteiger partial charge in [-0.15, -0.1) is 0 Å². The summed E-state index contributed by atoms with van der Waals surface area (Å²) in [5.74, 6) is -0.769. The molecule has 7 nitrogen and oxygen atoms in total. The Bertz CT molecular complexity index is 1220. The van der Waals surface area contributed by atoms with Gasteiger partial charge >= 0.3 is 0 Å². The van der Waals surface area contributed by atoms with E-state index >= 15 is 0 Å². The Labute approximate surface area is 180 Å². The molecule has 0 radical (unpaired) electrons. The van der Waals surface area contributed by atoms with Crippen LogP contribution in [-0.4, -0.2) is 32.7 Å². The minimum atomic E-state index is -0.693. The molecule has 1 atom stereocenters. The Balaban J connectivity index is 1.70. The lowest BCUT2D eigenvalue weighted by Gasteiger charge is -2.17. The van der Waals surface area contributed by atoms with Gasteiger partial charge in [0.2, 0.25) is 0 Å². The maximum absolute atomic E-state index is 13.2. The van der Waals surface area contributed by atoms with Crippen molar-refractivity contribution in [1.82, 2.24) is 19.7 Å². The van der Waals surface area contributed by atoms with Crippen molar-refractivity contribution in [3.8, 4) is 11.3 Å². The fourth-order valence-corrected chi connectivity index (χ4v) is 3.61. The highest BCUT2D eigenvalue weighted by Crippen LogP contribution is 2.22. The van der Waals surface area contributed by atoms with Crippen LogP contribution in [0.25, 0.3) is 16.9 Å². The number of aromatic nitrogens is 3. The first-order chi connectivity index (χ1) is 15.1. The number of primary amides is 1. The SMILES string of the molecule is CCC(CNC(=O)c1cc(-c2ccccc2)nc2c(C(N)=O)ncn12)c1ccccc1. The topological polar surface area (TPSA) is 102 Å². The summed E-state index contributed by atoms with van der Waals surface area (Å²) in [6, 6.07) is 21.3. The predicted octanol–water partition coefficient (Wildman–Crippen LogP) is 3.42. The molecule has 2 aromatic heterocycles. The van der Waals surface area contributed by atoms with Crippen LogP contribution in [0.15, 0.2) is 73.1 Å². The van der Waals surface area contributed by atoms with Crippen LogP contribution in [0.3, 0.4) is 0 Å². The number of nitrogens with two attached hydrogens (primary N) is 1.